The highest BCUT2D eigenvalue weighted by Crippen LogP contribution is 2.32. The van der Waals surface area contributed by atoms with Gasteiger partial charge in [-0.05, 0) is 138 Å². The van der Waals surface area contributed by atoms with Crippen LogP contribution in [0.4, 0.5) is 5.69 Å². The summed E-state index contributed by atoms with van der Waals surface area (Å²) in [6.45, 7) is 24.1. The van der Waals surface area contributed by atoms with Gasteiger partial charge in [-0.3, -0.25) is 19.2 Å². The van der Waals surface area contributed by atoms with Crippen LogP contribution >= 0.6 is 0 Å². The number of hydrogen-bond donors (Lipinski definition) is 3. The van der Waals surface area contributed by atoms with E-state index in [0.717, 1.165) is 66.7 Å². The zero-order valence-electron chi connectivity index (χ0n) is 40.6. The third-order valence-corrected chi connectivity index (χ3v) is 10.9. The van der Waals surface area contributed by atoms with Crippen LogP contribution in [0, 0.1) is 11.3 Å². The van der Waals surface area contributed by atoms with E-state index in [1.165, 1.54) is 5.56 Å². The third kappa shape index (κ3) is 17.4. The van der Waals surface area contributed by atoms with Gasteiger partial charge in [0, 0.05) is 73.7 Å². The number of allylic oxidation sites excluding steroid dienone is 3. The maximum absolute atomic E-state index is 13.2. The van der Waals surface area contributed by atoms with E-state index in [1.807, 2.05) is 152 Å². The number of likely N-dealkylation sites (tertiary alicyclic amines) is 1. The first kappa shape index (κ1) is 54.4. The molecule has 1 fully saturated rings. The van der Waals surface area contributed by atoms with E-state index >= 15 is 0 Å². The smallest absolute Gasteiger partial charge is 0.251 e. The quantitative estimate of drug-likeness (QED) is 0.136. The largest absolute Gasteiger partial charge is 0.399 e. The predicted octanol–water partition coefficient (Wildman–Crippen LogP) is 10.3. The predicted molar refractivity (Wildman–Crippen MR) is 262 cm³/mol. The number of rotatable bonds is 14. The van der Waals surface area contributed by atoms with Crippen molar-refractivity contribution in [2.45, 2.75) is 138 Å². The molecule has 1 saturated heterocycles. The number of nitrogens with one attached hydrogen (secondary N) is 2. The molecule has 0 saturated carbocycles. The van der Waals surface area contributed by atoms with Gasteiger partial charge in [0.05, 0.1) is 11.7 Å². The average molecular weight is 877 g/mol. The summed E-state index contributed by atoms with van der Waals surface area (Å²) in [5, 5.41) is 15.0. The lowest BCUT2D eigenvalue weighted by Gasteiger charge is -2.32. The minimum Gasteiger partial charge on any atom is -0.399 e. The molecule has 0 bridgehead atoms. The molecule has 0 aliphatic carbocycles. The van der Waals surface area contributed by atoms with Crippen LogP contribution in [0.25, 0.3) is 11.1 Å². The van der Waals surface area contributed by atoms with E-state index in [1.54, 1.807) is 11.8 Å². The fourth-order valence-corrected chi connectivity index (χ4v) is 7.30. The summed E-state index contributed by atoms with van der Waals surface area (Å²) in [4.78, 5) is 54.0. The highest BCUT2D eigenvalue weighted by atomic mass is 16.5. The van der Waals surface area contributed by atoms with E-state index in [-0.39, 0.29) is 36.0 Å². The average Bonchev–Trinajstić information content (AvgIpc) is 3.31. The standard InChI is InChI=1S/C42H51N5O5.C7H13N.2C2H6/c1-29(48)47-24-7-8-35-26-34(18-19-37(35)47)30-10-16-33(17-11-30)40(51)45-41(2,3)21-25-52-42(4,5)28-44-39(50)32-14-12-31(13-15-32)36-9-6-23-46(27-36)38(49)20-22-43;1-3-5-6-7(8)4-2;2*1-2/h10-19,26,36H,6-9,20-21,23-25,27-28H2,1-5H3,(H,44,50)(H,45,51);4-6H,3,8H2,1-2H3;2*1-2H3/b;6-5-,7-4+;;. The number of hydrogen-bond acceptors (Lipinski definition) is 7. The molecule has 1 unspecified atom stereocenters. The van der Waals surface area contributed by atoms with Crippen molar-refractivity contribution in [3.8, 4) is 17.2 Å². The Morgan fingerprint density at radius 2 is 1.52 bits per heavy atom. The minimum atomic E-state index is -0.631. The van der Waals surface area contributed by atoms with Gasteiger partial charge in [-0.2, -0.15) is 5.26 Å². The number of aryl methyl sites for hydroxylation is 1. The van der Waals surface area contributed by atoms with Gasteiger partial charge in [0.15, 0.2) is 0 Å². The third-order valence-electron chi connectivity index (χ3n) is 10.9. The van der Waals surface area contributed by atoms with Gasteiger partial charge >= 0.3 is 0 Å². The number of nitrogens with two attached hydrogens (primary N) is 1. The van der Waals surface area contributed by atoms with Crippen molar-refractivity contribution in [2.24, 2.45) is 5.73 Å². The summed E-state index contributed by atoms with van der Waals surface area (Å²) < 4.78 is 6.17. The Kier molecular flexibility index (Phi) is 23.3. The number of nitrogens with zero attached hydrogens (tertiary/aromatic N) is 3. The summed E-state index contributed by atoms with van der Waals surface area (Å²) in [7, 11) is 0. The Morgan fingerprint density at radius 3 is 2.12 bits per heavy atom. The molecule has 64 heavy (non-hydrogen) atoms. The molecule has 3 aromatic rings. The Morgan fingerprint density at radius 1 is 0.891 bits per heavy atom. The number of amides is 4. The molecule has 348 valence electrons. The maximum Gasteiger partial charge on any atom is 0.251 e. The molecule has 0 spiro atoms. The maximum atomic E-state index is 13.2. The van der Waals surface area contributed by atoms with Crippen molar-refractivity contribution in [2.75, 3.05) is 37.7 Å². The number of nitriles is 1. The van der Waals surface area contributed by atoms with Crippen molar-refractivity contribution in [1.82, 2.24) is 15.5 Å². The zero-order chi connectivity index (χ0) is 47.9. The molecule has 4 amide bonds. The number of benzene rings is 3. The fraction of sp³-hybridized carbons (Fsp3) is 0.491. The van der Waals surface area contributed by atoms with Gasteiger partial charge in [0.25, 0.3) is 11.8 Å². The topological polar surface area (TPSA) is 158 Å². The second-order valence-corrected chi connectivity index (χ2v) is 16.8. The van der Waals surface area contributed by atoms with Crippen LogP contribution in [0.5, 0.6) is 0 Å². The zero-order valence-corrected chi connectivity index (χ0v) is 40.6. The van der Waals surface area contributed by atoms with Gasteiger partial charge in [-0.1, -0.05) is 77.1 Å². The molecule has 1 atom stereocenters. The Hall–Kier alpha value is -5.73. The lowest BCUT2D eigenvalue weighted by atomic mass is 9.90. The van der Waals surface area contributed by atoms with Crippen LogP contribution in [-0.2, 0) is 20.7 Å². The first-order valence-corrected chi connectivity index (χ1v) is 23.2. The van der Waals surface area contributed by atoms with Gasteiger partial charge in [0.1, 0.15) is 6.42 Å². The Bertz CT molecular complexity index is 2050. The van der Waals surface area contributed by atoms with E-state index in [9.17, 15) is 19.2 Å². The molecular weight excluding hydrogens is 801 g/mol. The number of piperidine rings is 1. The molecule has 3 aromatic carbocycles. The van der Waals surface area contributed by atoms with Gasteiger partial charge in [-0.25, -0.2) is 0 Å². The van der Waals surface area contributed by atoms with E-state index in [2.05, 4.69) is 23.6 Å². The summed E-state index contributed by atoms with van der Waals surface area (Å²) >= 11 is 0. The lowest BCUT2D eigenvalue weighted by molar-refractivity contribution is -0.131. The molecule has 11 nitrogen and oxygen atoms in total. The Balaban J connectivity index is 0.00000105. The second kappa shape index (κ2) is 27.5. The van der Waals surface area contributed by atoms with Gasteiger partial charge in [-0.15, -0.1) is 0 Å². The van der Waals surface area contributed by atoms with Crippen LogP contribution in [-0.4, -0.2) is 72.5 Å². The SMILES string of the molecule is C/C=C(N)\C=C/CC.CC.CC.CC(=O)N1CCCc2cc(-c3ccc(C(=O)NC(C)(C)CCOC(C)(C)CNC(=O)c4ccc(C5CCCN(C(=O)CC#N)C5)cc4)cc3)ccc21. The van der Waals surface area contributed by atoms with E-state index in [0.29, 0.717) is 43.8 Å². The molecule has 2 heterocycles. The summed E-state index contributed by atoms with van der Waals surface area (Å²) in [6, 6.07) is 23.2. The van der Waals surface area contributed by atoms with Gasteiger partial charge < -0.3 is 30.9 Å². The first-order chi connectivity index (χ1) is 30.6. The van der Waals surface area contributed by atoms with Gasteiger partial charge in [0.2, 0.25) is 11.8 Å². The van der Waals surface area contributed by atoms with Crippen LogP contribution < -0.4 is 21.3 Å². The molecule has 11 heteroatoms. The summed E-state index contributed by atoms with van der Waals surface area (Å²) in [5.41, 5.74) is 11.5. The van der Waals surface area contributed by atoms with E-state index in [4.69, 9.17) is 15.7 Å². The van der Waals surface area contributed by atoms with Crippen molar-refractivity contribution in [1.29, 1.82) is 5.26 Å². The summed E-state index contributed by atoms with van der Waals surface area (Å²) in [5.74, 6) is -0.240. The Labute approximate surface area is 384 Å². The molecule has 2 aliphatic heterocycles. The second-order valence-electron chi connectivity index (χ2n) is 16.8. The van der Waals surface area contributed by atoms with Crippen LogP contribution in [0.3, 0.4) is 0 Å². The summed E-state index contributed by atoms with van der Waals surface area (Å²) in [6.07, 6.45) is 11.1. The number of anilines is 1. The molecule has 2 aliphatic rings. The molecule has 4 N–H and O–H groups in total. The van der Waals surface area contributed by atoms with E-state index < -0.39 is 11.1 Å². The van der Waals surface area contributed by atoms with Crippen molar-refractivity contribution in [3.63, 3.8) is 0 Å². The number of carbonyl (C=O) groups is 4. The normalized spacial score (nSPS) is 14.8. The van der Waals surface area contributed by atoms with Crippen LogP contribution in [0.1, 0.15) is 152 Å². The number of fused-ring (bicyclic) bond motifs is 1. The molecular formula is C53H76N6O5. The van der Waals surface area contributed by atoms with Crippen molar-refractivity contribution < 1.29 is 23.9 Å². The van der Waals surface area contributed by atoms with Crippen molar-refractivity contribution >= 4 is 29.3 Å². The minimum absolute atomic E-state index is 0.0591. The number of ether oxygens (including phenoxy) is 1. The first-order valence-electron chi connectivity index (χ1n) is 23.2. The lowest BCUT2D eigenvalue weighted by Crippen LogP contribution is -2.46. The molecule has 0 radical (unpaired) electrons. The molecule has 5 rings (SSSR count). The monoisotopic (exact) mass is 877 g/mol. The highest BCUT2D eigenvalue weighted by molar-refractivity contribution is 5.96. The van der Waals surface area contributed by atoms with Crippen LogP contribution in [0.2, 0.25) is 0 Å². The fourth-order valence-electron chi connectivity index (χ4n) is 7.30. The highest BCUT2D eigenvalue weighted by Gasteiger charge is 2.27. The van der Waals surface area contributed by atoms with Crippen LogP contribution in [0.15, 0.2) is 90.7 Å². The van der Waals surface area contributed by atoms with Crippen molar-refractivity contribution in [3.05, 3.63) is 113 Å². The number of carbonyl (C=O) groups excluding carboxylic acids is 4. The molecule has 0 aromatic heterocycles.